The lowest BCUT2D eigenvalue weighted by atomic mass is 10.2. The number of para-hydroxylation sites is 1. The summed E-state index contributed by atoms with van der Waals surface area (Å²) in [5.41, 5.74) is 0.979. The molecule has 1 heterocycles. The SMILES string of the molecule is CCNC(COc1ccccc1)c1c(Cl)cnn1CC. The number of hydrogen-bond acceptors (Lipinski definition) is 3. The smallest absolute Gasteiger partial charge is 0.119 e. The van der Waals surface area contributed by atoms with E-state index >= 15 is 0 Å². The van der Waals surface area contributed by atoms with Crippen molar-refractivity contribution in [2.45, 2.75) is 26.4 Å². The molecule has 20 heavy (non-hydrogen) atoms. The van der Waals surface area contributed by atoms with E-state index < -0.39 is 0 Å². The van der Waals surface area contributed by atoms with Crippen LogP contribution in [0.3, 0.4) is 0 Å². The molecule has 1 aromatic heterocycles. The Morgan fingerprint density at radius 2 is 2.05 bits per heavy atom. The third-order valence-corrected chi connectivity index (χ3v) is 3.36. The van der Waals surface area contributed by atoms with Crippen LogP contribution in [0.4, 0.5) is 0 Å². The van der Waals surface area contributed by atoms with E-state index in [0.717, 1.165) is 24.5 Å². The first-order valence-corrected chi connectivity index (χ1v) is 7.26. The third kappa shape index (κ3) is 3.52. The van der Waals surface area contributed by atoms with Crippen LogP contribution in [0, 0.1) is 0 Å². The van der Waals surface area contributed by atoms with Gasteiger partial charge in [-0.05, 0) is 25.6 Å². The number of likely N-dealkylation sites (N-methyl/N-ethyl adjacent to an activating group) is 1. The van der Waals surface area contributed by atoms with Crippen LogP contribution in [0.25, 0.3) is 0 Å². The average Bonchev–Trinajstić information content (AvgIpc) is 2.85. The highest BCUT2D eigenvalue weighted by Gasteiger charge is 2.19. The number of nitrogens with zero attached hydrogens (tertiary/aromatic N) is 2. The Labute approximate surface area is 124 Å². The number of aromatic nitrogens is 2. The van der Waals surface area contributed by atoms with Crippen LogP contribution in [-0.4, -0.2) is 22.9 Å². The first-order chi connectivity index (χ1) is 9.76. The molecule has 0 radical (unpaired) electrons. The maximum absolute atomic E-state index is 6.26. The van der Waals surface area contributed by atoms with Crippen LogP contribution in [0.2, 0.25) is 5.02 Å². The minimum Gasteiger partial charge on any atom is -0.492 e. The molecule has 1 unspecified atom stereocenters. The van der Waals surface area contributed by atoms with Crippen LogP contribution in [0.1, 0.15) is 25.6 Å². The highest BCUT2D eigenvalue weighted by Crippen LogP contribution is 2.24. The van der Waals surface area contributed by atoms with Crippen molar-refractivity contribution in [3.05, 3.63) is 47.2 Å². The lowest BCUT2D eigenvalue weighted by Gasteiger charge is -2.20. The summed E-state index contributed by atoms with van der Waals surface area (Å²) in [6.07, 6.45) is 1.69. The Balaban J connectivity index is 2.12. The fraction of sp³-hybridized carbons (Fsp3) is 0.400. The van der Waals surface area contributed by atoms with Crippen LogP contribution < -0.4 is 10.1 Å². The number of benzene rings is 1. The minimum absolute atomic E-state index is 0.0233. The summed E-state index contributed by atoms with van der Waals surface area (Å²) in [5, 5.41) is 8.36. The number of ether oxygens (including phenoxy) is 1. The zero-order valence-electron chi connectivity index (χ0n) is 11.8. The summed E-state index contributed by atoms with van der Waals surface area (Å²) in [6.45, 7) is 6.26. The molecule has 2 aromatic rings. The van der Waals surface area contributed by atoms with Gasteiger partial charge in [0.25, 0.3) is 0 Å². The number of rotatable bonds is 7. The van der Waals surface area contributed by atoms with E-state index in [9.17, 15) is 0 Å². The molecule has 0 saturated heterocycles. The van der Waals surface area contributed by atoms with E-state index in [1.807, 2.05) is 41.9 Å². The van der Waals surface area contributed by atoms with Gasteiger partial charge in [0.15, 0.2) is 0 Å². The lowest BCUT2D eigenvalue weighted by Crippen LogP contribution is -2.29. The fourth-order valence-electron chi connectivity index (χ4n) is 2.15. The quantitative estimate of drug-likeness (QED) is 0.851. The van der Waals surface area contributed by atoms with Crippen molar-refractivity contribution in [2.24, 2.45) is 0 Å². The van der Waals surface area contributed by atoms with Gasteiger partial charge in [-0.3, -0.25) is 4.68 Å². The number of nitrogens with one attached hydrogen (secondary N) is 1. The van der Waals surface area contributed by atoms with E-state index in [-0.39, 0.29) is 6.04 Å². The van der Waals surface area contributed by atoms with Crippen LogP contribution in [-0.2, 0) is 6.54 Å². The normalized spacial score (nSPS) is 12.3. The Bertz CT molecular complexity index is 527. The standard InChI is InChI=1S/C15H20ClN3O/c1-3-17-14(11-20-12-8-6-5-7-9-12)15-13(16)10-18-19(15)4-2/h5-10,14,17H,3-4,11H2,1-2H3. The van der Waals surface area contributed by atoms with Crippen molar-refractivity contribution >= 4 is 11.6 Å². The zero-order chi connectivity index (χ0) is 14.4. The summed E-state index contributed by atoms with van der Waals surface area (Å²) in [6, 6.07) is 9.80. The predicted octanol–water partition coefficient (Wildman–Crippen LogP) is 3.29. The molecule has 2 rings (SSSR count). The van der Waals surface area contributed by atoms with Crippen LogP contribution >= 0.6 is 11.6 Å². The van der Waals surface area contributed by atoms with E-state index in [1.165, 1.54) is 0 Å². The van der Waals surface area contributed by atoms with Crippen molar-refractivity contribution < 1.29 is 4.74 Å². The summed E-state index contributed by atoms with van der Waals surface area (Å²) >= 11 is 6.26. The van der Waals surface area contributed by atoms with Crippen LogP contribution in [0.5, 0.6) is 5.75 Å². The molecule has 0 aliphatic heterocycles. The van der Waals surface area contributed by atoms with Gasteiger partial charge in [0.05, 0.1) is 23.0 Å². The van der Waals surface area contributed by atoms with Gasteiger partial charge in [0.1, 0.15) is 12.4 Å². The highest BCUT2D eigenvalue weighted by atomic mass is 35.5. The summed E-state index contributed by atoms with van der Waals surface area (Å²) < 4.78 is 7.74. The molecule has 1 N–H and O–H groups in total. The molecule has 5 heteroatoms. The molecule has 0 bridgehead atoms. The maximum atomic E-state index is 6.26. The monoisotopic (exact) mass is 293 g/mol. The van der Waals surface area contributed by atoms with Gasteiger partial charge in [-0.15, -0.1) is 0 Å². The minimum atomic E-state index is 0.0233. The van der Waals surface area contributed by atoms with E-state index in [1.54, 1.807) is 6.20 Å². The van der Waals surface area contributed by atoms with Gasteiger partial charge in [-0.2, -0.15) is 5.10 Å². The molecule has 1 atom stereocenters. The second kappa shape index (κ2) is 7.31. The molecular weight excluding hydrogens is 274 g/mol. The first kappa shape index (κ1) is 14.9. The van der Waals surface area contributed by atoms with Gasteiger partial charge in [0.2, 0.25) is 0 Å². The zero-order valence-corrected chi connectivity index (χ0v) is 12.6. The molecule has 0 aliphatic carbocycles. The van der Waals surface area contributed by atoms with Gasteiger partial charge in [-0.25, -0.2) is 0 Å². The Kier molecular flexibility index (Phi) is 5.44. The Morgan fingerprint density at radius 1 is 1.30 bits per heavy atom. The molecular formula is C15H20ClN3O. The second-order valence-corrected chi connectivity index (χ2v) is 4.84. The topological polar surface area (TPSA) is 39.1 Å². The molecule has 1 aromatic carbocycles. The van der Waals surface area contributed by atoms with E-state index in [0.29, 0.717) is 11.6 Å². The molecule has 0 spiro atoms. The molecule has 108 valence electrons. The highest BCUT2D eigenvalue weighted by molar-refractivity contribution is 6.31. The van der Waals surface area contributed by atoms with Crippen molar-refractivity contribution in [1.82, 2.24) is 15.1 Å². The number of hydrogen-bond donors (Lipinski definition) is 1. The van der Waals surface area contributed by atoms with E-state index in [2.05, 4.69) is 17.3 Å². The van der Waals surface area contributed by atoms with Crippen molar-refractivity contribution in [1.29, 1.82) is 0 Å². The maximum Gasteiger partial charge on any atom is 0.119 e. The van der Waals surface area contributed by atoms with Crippen molar-refractivity contribution in [3.63, 3.8) is 0 Å². The van der Waals surface area contributed by atoms with E-state index in [4.69, 9.17) is 16.3 Å². The summed E-state index contributed by atoms with van der Waals surface area (Å²) in [7, 11) is 0. The first-order valence-electron chi connectivity index (χ1n) is 6.88. The van der Waals surface area contributed by atoms with Gasteiger partial charge < -0.3 is 10.1 Å². The molecule has 4 nitrogen and oxygen atoms in total. The Morgan fingerprint density at radius 3 is 2.70 bits per heavy atom. The lowest BCUT2D eigenvalue weighted by molar-refractivity contribution is 0.261. The summed E-state index contributed by atoms with van der Waals surface area (Å²) in [4.78, 5) is 0. The van der Waals surface area contributed by atoms with Gasteiger partial charge >= 0.3 is 0 Å². The molecule has 0 aliphatic rings. The van der Waals surface area contributed by atoms with Crippen molar-refractivity contribution in [2.75, 3.05) is 13.2 Å². The largest absolute Gasteiger partial charge is 0.492 e. The van der Waals surface area contributed by atoms with Crippen molar-refractivity contribution in [3.8, 4) is 5.75 Å². The molecule has 0 saturated carbocycles. The second-order valence-electron chi connectivity index (χ2n) is 4.43. The number of aryl methyl sites for hydroxylation is 1. The van der Waals surface area contributed by atoms with Crippen LogP contribution in [0.15, 0.2) is 36.5 Å². The Hall–Kier alpha value is -1.52. The third-order valence-electron chi connectivity index (χ3n) is 3.07. The van der Waals surface area contributed by atoms with Gasteiger partial charge in [0, 0.05) is 6.54 Å². The average molecular weight is 294 g/mol. The fourth-order valence-corrected chi connectivity index (χ4v) is 2.42. The summed E-state index contributed by atoms with van der Waals surface area (Å²) in [5.74, 6) is 0.856. The molecule has 0 amide bonds. The number of halogens is 1. The van der Waals surface area contributed by atoms with Gasteiger partial charge in [-0.1, -0.05) is 36.7 Å². The predicted molar refractivity (Wildman–Crippen MR) is 81.3 cm³/mol. The molecule has 0 fully saturated rings.